The molecule has 0 saturated heterocycles. The topological polar surface area (TPSA) is 72.3 Å². The third-order valence-corrected chi connectivity index (χ3v) is 3.72. The first-order chi connectivity index (χ1) is 9.17. The van der Waals surface area contributed by atoms with Crippen molar-refractivity contribution in [1.29, 1.82) is 0 Å². The zero-order chi connectivity index (χ0) is 13.8. The fraction of sp³-hybridized carbons (Fsp3) is 0.200. The maximum Gasteiger partial charge on any atom is 0.0472 e. The third kappa shape index (κ3) is 2.91. The lowest BCUT2D eigenvalue weighted by Gasteiger charge is -2.15. The van der Waals surface area contributed by atoms with Crippen molar-refractivity contribution in [2.24, 2.45) is 0 Å². The molecule has 100 valence electrons. The summed E-state index contributed by atoms with van der Waals surface area (Å²) in [5.74, 6) is 0. The van der Waals surface area contributed by atoms with Crippen molar-refractivity contribution in [3.63, 3.8) is 0 Å². The van der Waals surface area contributed by atoms with Gasteiger partial charge in [0, 0.05) is 23.3 Å². The smallest absolute Gasteiger partial charge is 0.0472 e. The number of aliphatic hydroxyl groups excluding tert-OH is 1. The fourth-order valence-corrected chi connectivity index (χ4v) is 2.74. The molecule has 0 aromatic heterocycles. The second-order valence-electron chi connectivity index (χ2n) is 4.40. The minimum absolute atomic E-state index is 0.0671. The molecule has 19 heavy (non-hydrogen) atoms. The molecule has 0 aliphatic carbocycles. The minimum atomic E-state index is 0.0671. The number of hydrogen-bond donors (Lipinski definition) is 3. The van der Waals surface area contributed by atoms with E-state index in [0.29, 0.717) is 17.8 Å². The predicted molar refractivity (Wildman–Crippen MR) is 84.1 cm³/mol. The van der Waals surface area contributed by atoms with Gasteiger partial charge in [0.05, 0.1) is 0 Å². The average molecular weight is 321 g/mol. The van der Waals surface area contributed by atoms with Crippen molar-refractivity contribution in [2.45, 2.75) is 11.8 Å². The summed E-state index contributed by atoms with van der Waals surface area (Å²) in [6.45, 7) is 0.0671. The molecule has 5 N–H and O–H groups in total. The van der Waals surface area contributed by atoms with Crippen LogP contribution in [-0.2, 0) is 11.8 Å². The van der Waals surface area contributed by atoms with Crippen molar-refractivity contribution in [2.75, 3.05) is 18.1 Å². The first-order valence-electron chi connectivity index (χ1n) is 6.10. The Morgan fingerprint density at radius 2 is 1.79 bits per heavy atom. The Bertz CT molecular complexity index is 584. The summed E-state index contributed by atoms with van der Waals surface area (Å²) in [7, 11) is 0. The number of nitrogen functional groups attached to an aromatic ring is 2. The summed E-state index contributed by atoms with van der Waals surface area (Å²) < 4.78 is 0. The van der Waals surface area contributed by atoms with Gasteiger partial charge in [-0.3, -0.25) is 0 Å². The van der Waals surface area contributed by atoms with E-state index < -0.39 is 0 Å². The Kier molecular flexibility index (Phi) is 4.45. The molecule has 0 aliphatic heterocycles. The number of hydrogen-bond acceptors (Lipinski definition) is 3. The van der Waals surface area contributed by atoms with Crippen molar-refractivity contribution in [3.05, 3.63) is 47.5 Å². The van der Waals surface area contributed by atoms with Gasteiger partial charge in [0.1, 0.15) is 0 Å². The maximum atomic E-state index is 9.22. The first kappa shape index (κ1) is 13.9. The highest BCUT2D eigenvalue weighted by molar-refractivity contribution is 9.08. The molecule has 0 aliphatic rings. The monoisotopic (exact) mass is 320 g/mol. The Balaban J connectivity index is 2.66. The van der Waals surface area contributed by atoms with Crippen molar-refractivity contribution >= 4 is 27.3 Å². The van der Waals surface area contributed by atoms with E-state index in [1.165, 1.54) is 5.56 Å². The van der Waals surface area contributed by atoms with Crippen LogP contribution in [0, 0.1) is 0 Å². The van der Waals surface area contributed by atoms with E-state index in [2.05, 4.69) is 22.0 Å². The summed E-state index contributed by atoms with van der Waals surface area (Å²) in [5, 5.41) is 9.98. The second-order valence-corrected chi connectivity index (χ2v) is 4.96. The number of nitrogens with two attached hydrogens (primary N) is 2. The van der Waals surface area contributed by atoms with Gasteiger partial charge in [-0.15, -0.1) is 0 Å². The van der Waals surface area contributed by atoms with Gasteiger partial charge in [-0.2, -0.15) is 0 Å². The summed E-state index contributed by atoms with van der Waals surface area (Å²) in [5.41, 5.74) is 17.4. The van der Waals surface area contributed by atoms with Gasteiger partial charge in [-0.1, -0.05) is 40.2 Å². The van der Waals surface area contributed by atoms with Crippen LogP contribution in [0.5, 0.6) is 0 Å². The number of rotatable bonds is 4. The van der Waals surface area contributed by atoms with E-state index in [0.717, 1.165) is 22.0 Å². The highest BCUT2D eigenvalue weighted by atomic mass is 79.9. The van der Waals surface area contributed by atoms with Gasteiger partial charge in [0.2, 0.25) is 0 Å². The molecule has 2 rings (SSSR count). The van der Waals surface area contributed by atoms with Gasteiger partial charge in [-0.25, -0.2) is 0 Å². The summed E-state index contributed by atoms with van der Waals surface area (Å²) in [6.07, 6.45) is 0.526. The molecule has 3 nitrogen and oxygen atoms in total. The lowest BCUT2D eigenvalue weighted by atomic mass is 9.93. The molecule has 0 spiro atoms. The molecule has 0 atom stereocenters. The Morgan fingerprint density at radius 3 is 2.47 bits per heavy atom. The molecule has 0 unspecified atom stereocenters. The van der Waals surface area contributed by atoms with Crippen LogP contribution in [0.15, 0.2) is 36.4 Å². The maximum absolute atomic E-state index is 9.22. The lowest BCUT2D eigenvalue weighted by Crippen LogP contribution is -2.03. The zero-order valence-electron chi connectivity index (χ0n) is 10.6. The van der Waals surface area contributed by atoms with Gasteiger partial charge in [0.15, 0.2) is 0 Å². The van der Waals surface area contributed by atoms with Crippen LogP contribution in [-0.4, -0.2) is 11.7 Å². The number of aliphatic hydroxyl groups is 1. The van der Waals surface area contributed by atoms with E-state index in [1.54, 1.807) is 6.07 Å². The molecule has 2 aromatic rings. The fourth-order valence-electron chi connectivity index (χ4n) is 2.25. The van der Waals surface area contributed by atoms with Crippen LogP contribution in [0.4, 0.5) is 11.4 Å². The molecular formula is C15H17BrN2O. The molecule has 0 saturated carbocycles. The Hall–Kier alpha value is -1.52. The van der Waals surface area contributed by atoms with E-state index in [-0.39, 0.29) is 6.61 Å². The van der Waals surface area contributed by atoms with Crippen LogP contribution >= 0.6 is 15.9 Å². The van der Waals surface area contributed by atoms with Crippen LogP contribution in [0.25, 0.3) is 11.1 Å². The SMILES string of the molecule is Nc1cc(N)c(CCO)c(-c2ccccc2CBr)c1. The molecule has 0 radical (unpaired) electrons. The van der Waals surface area contributed by atoms with Gasteiger partial charge in [0.25, 0.3) is 0 Å². The largest absolute Gasteiger partial charge is 0.399 e. The molecule has 0 fully saturated rings. The minimum Gasteiger partial charge on any atom is -0.399 e. The number of alkyl halides is 1. The summed E-state index contributed by atoms with van der Waals surface area (Å²) >= 11 is 3.49. The lowest BCUT2D eigenvalue weighted by molar-refractivity contribution is 0.300. The second kappa shape index (κ2) is 6.08. The summed E-state index contributed by atoms with van der Waals surface area (Å²) in [4.78, 5) is 0. The molecule has 0 bridgehead atoms. The normalized spacial score (nSPS) is 10.6. The number of benzene rings is 2. The standard InChI is InChI=1S/C15H17BrN2O/c16-9-10-3-1-2-4-12(10)14-7-11(17)8-15(18)13(14)5-6-19/h1-4,7-8,19H,5-6,9,17-18H2. The van der Waals surface area contributed by atoms with E-state index in [9.17, 15) is 5.11 Å². The molecule has 0 amide bonds. The Labute approximate surface area is 121 Å². The Morgan fingerprint density at radius 1 is 1.05 bits per heavy atom. The third-order valence-electron chi connectivity index (χ3n) is 3.12. The average Bonchev–Trinajstić information content (AvgIpc) is 2.41. The highest BCUT2D eigenvalue weighted by Crippen LogP contribution is 2.33. The number of anilines is 2. The van der Waals surface area contributed by atoms with E-state index in [1.807, 2.05) is 24.3 Å². The van der Waals surface area contributed by atoms with Crippen LogP contribution in [0.1, 0.15) is 11.1 Å². The van der Waals surface area contributed by atoms with Gasteiger partial charge in [-0.05, 0) is 40.8 Å². The van der Waals surface area contributed by atoms with Crippen molar-refractivity contribution in [1.82, 2.24) is 0 Å². The van der Waals surface area contributed by atoms with Crippen molar-refractivity contribution in [3.8, 4) is 11.1 Å². The van der Waals surface area contributed by atoms with Crippen LogP contribution in [0.3, 0.4) is 0 Å². The highest BCUT2D eigenvalue weighted by Gasteiger charge is 2.12. The zero-order valence-corrected chi connectivity index (χ0v) is 12.2. The van der Waals surface area contributed by atoms with Crippen LogP contribution in [0.2, 0.25) is 0 Å². The summed E-state index contributed by atoms with van der Waals surface area (Å²) in [6, 6.07) is 11.8. The number of halogens is 1. The predicted octanol–water partition coefficient (Wildman–Crippen LogP) is 2.95. The van der Waals surface area contributed by atoms with Gasteiger partial charge < -0.3 is 16.6 Å². The van der Waals surface area contributed by atoms with Crippen LogP contribution < -0.4 is 11.5 Å². The molecular weight excluding hydrogens is 304 g/mol. The molecule has 2 aromatic carbocycles. The van der Waals surface area contributed by atoms with Crippen molar-refractivity contribution < 1.29 is 5.11 Å². The molecule has 4 heteroatoms. The quantitative estimate of drug-likeness (QED) is 0.599. The van der Waals surface area contributed by atoms with E-state index >= 15 is 0 Å². The first-order valence-corrected chi connectivity index (χ1v) is 7.22. The van der Waals surface area contributed by atoms with E-state index in [4.69, 9.17) is 11.5 Å². The van der Waals surface area contributed by atoms with Gasteiger partial charge >= 0.3 is 0 Å². The molecule has 0 heterocycles.